The van der Waals surface area contributed by atoms with E-state index in [0.717, 1.165) is 56.9 Å². The lowest BCUT2D eigenvalue weighted by atomic mass is 9.82. The van der Waals surface area contributed by atoms with Crippen LogP contribution in [0.2, 0.25) is 0 Å². The van der Waals surface area contributed by atoms with Gasteiger partial charge in [0, 0.05) is 0 Å². The van der Waals surface area contributed by atoms with E-state index in [0.29, 0.717) is 0 Å². The Morgan fingerprint density at radius 2 is 0.848 bits per heavy atom. The minimum Gasteiger partial charge on any atom is -0.348 e. The Bertz CT molecular complexity index is 1200. The molecule has 0 aromatic heterocycles. The van der Waals surface area contributed by atoms with Crippen molar-refractivity contribution in [3.05, 3.63) is 86.5 Å². The predicted molar refractivity (Wildman–Crippen MR) is 203 cm³/mol. The van der Waals surface area contributed by atoms with Gasteiger partial charge in [0.05, 0.1) is 5.57 Å². The zero-order chi connectivity index (χ0) is 33.4. The molecule has 0 atom stereocenters. The summed E-state index contributed by atoms with van der Waals surface area (Å²) in [7, 11) is 0. The molecular weight excluding hydrogens is 556 g/mol. The van der Waals surface area contributed by atoms with Crippen molar-refractivity contribution in [3.63, 3.8) is 0 Å². The SMILES string of the molecule is CCCCCC(=C=[N+]=[N-])C(CCCCC)=C(c1cc(CCCC)cc(CCCC)c1)c1cc(CCCCC)cc(CCCCC)c1. The first-order chi connectivity index (χ1) is 22.5. The summed E-state index contributed by atoms with van der Waals surface area (Å²) in [5.41, 5.74) is 22.3. The Kier molecular flexibility index (Phi) is 21.1. The third kappa shape index (κ3) is 14.4. The summed E-state index contributed by atoms with van der Waals surface area (Å²) in [6, 6.07) is 15.0. The van der Waals surface area contributed by atoms with Gasteiger partial charge >= 0.3 is 5.87 Å². The molecule has 0 fully saturated rings. The number of aryl methyl sites for hydroxylation is 4. The molecule has 2 heteroatoms. The molecule has 0 saturated heterocycles. The quantitative estimate of drug-likeness (QED) is 0.0346. The maximum atomic E-state index is 9.92. The van der Waals surface area contributed by atoms with Gasteiger partial charge in [-0.3, -0.25) is 0 Å². The van der Waals surface area contributed by atoms with Crippen molar-refractivity contribution in [2.75, 3.05) is 0 Å². The summed E-state index contributed by atoms with van der Waals surface area (Å²) in [6.45, 7) is 13.7. The van der Waals surface area contributed by atoms with Crippen LogP contribution in [0.3, 0.4) is 0 Å². The van der Waals surface area contributed by atoms with E-state index in [9.17, 15) is 5.53 Å². The summed E-state index contributed by atoms with van der Waals surface area (Å²) < 4.78 is 0. The molecule has 46 heavy (non-hydrogen) atoms. The Morgan fingerprint density at radius 3 is 1.24 bits per heavy atom. The monoisotopic (exact) mass is 625 g/mol. The lowest BCUT2D eigenvalue weighted by molar-refractivity contribution is 0.00739. The topological polar surface area (TPSA) is 36.4 Å². The summed E-state index contributed by atoms with van der Waals surface area (Å²) >= 11 is 0. The highest BCUT2D eigenvalue weighted by Gasteiger charge is 2.20. The fourth-order valence-corrected chi connectivity index (χ4v) is 6.69. The highest BCUT2D eigenvalue weighted by Crippen LogP contribution is 2.37. The van der Waals surface area contributed by atoms with Crippen LogP contribution in [-0.2, 0) is 25.7 Å². The molecule has 2 rings (SSSR count). The first-order valence-corrected chi connectivity index (χ1v) is 19.5. The molecule has 254 valence electrons. The molecule has 2 nitrogen and oxygen atoms in total. The van der Waals surface area contributed by atoms with Crippen LogP contribution < -0.4 is 0 Å². The van der Waals surface area contributed by atoms with E-state index in [-0.39, 0.29) is 0 Å². The average Bonchev–Trinajstić information content (AvgIpc) is 3.06. The molecule has 0 heterocycles. The first kappa shape index (κ1) is 39.5. The van der Waals surface area contributed by atoms with Gasteiger partial charge in [0.2, 0.25) is 0 Å². The van der Waals surface area contributed by atoms with Gasteiger partial charge in [0.15, 0.2) is 0 Å². The number of hydrogen-bond donors (Lipinski definition) is 0. The normalized spacial score (nSPS) is 11.7. The highest BCUT2D eigenvalue weighted by molar-refractivity contribution is 5.87. The number of unbranched alkanes of at least 4 members (excludes halogenated alkanes) is 10. The van der Waals surface area contributed by atoms with Gasteiger partial charge in [-0.1, -0.05) is 142 Å². The van der Waals surface area contributed by atoms with Gasteiger partial charge < -0.3 is 5.53 Å². The Balaban J connectivity index is 3.00. The van der Waals surface area contributed by atoms with E-state index in [1.165, 1.54) is 134 Å². The van der Waals surface area contributed by atoms with E-state index in [2.05, 4.69) is 88.6 Å². The maximum Gasteiger partial charge on any atom is 0.303 e. The van der Waals surface area contributed by atoms with Gasteiger partial charge in [-0.25, -0.2) is 0 Å². The van der Waals surface area contributed by atoms with Crippen LogP contribution in [0.15, 0.2) is 47.5 Å². The smallest absolute Gasteiger partial charge is 0.303 e. The molecule has 0 bridgehead atoms. The van der Waals surface area contributed by atoms with Crippen LogP contribution in [0.25, 0.3) is 11.1 Å². The fraction of sp³-hybridized carbons (Fsp3) is 0.636. The zero-order valence-electron chi connectivity index (χ0n) is 30.9. The van der Waals surface area contributed by atoms with Gasteiger partial charge in [0.25, 0.3) is 0 Å². The van der Waals surface area contributed by atoms with Crippen molar-refractivity contribution in [3.8, 4) is 0 Å². The predicted octanol–water partition coefficient (Wildman–Crippen LogP) is 13.6. The lowest BCUT2D eigenvalue weighted by Gasteiger charge is -2.21. The Hall–Kier alpha value is -2.66. The van der Waals surface area contributed by atoms with Crippen molar-refractivity contribution in [2.24, 2.45) is 0 Å². The van der Waals surface area contributed by atoms with Gasteiger partial charge in [-0.2, -0.15) is 0 Å². The number of rotatable bonds is 25. The Labute approximate surface area is 284 Å². The molecule has 0 N–H and O–H groups in total. The van der Waals surface area contributed by atoms with E-state index in [4.69, 9.17) is 0 Å². The largest absolute Gasteiger partial charge is 0.348 e. The van der Waals surface area contributed by atoms with Crippen molar-refractivity contribution >= 4 is 11.4 Å². The van der Waals surface area contributed by atoms with Crippen LogP contribution in [0.1, 0.15) is 190 Å². The van der Waals surface area contributed by atoms with E-state index >= 15 is 0 Å². The summed E-state index contributed by atoms with van der Waals surface area (Å²) in [6.07, 6.45) is 25.7. The second-order valence-corrected chi connectivity index (χ2v) is 13.7. The summed E-state index contributed by atoms with van der Waals surface area (Å²) in [4.78, 5) is 3.56. The maximum absolute atomic E-state index is 9.92. The van der Waals surface area contributed by atoms with Crippen molar-refractivity contribution < 1.29 is 4.79 Å². The van der Waals surface area contributed by atoms with Gasteiger partial charge in [-0.05, 0) is 122 Å². The molecule has 0 aliphatic carbocycles. The second kappa shape index (κ2) is 24.5. The molecule has 2 aromatic rings. The molecule has 0 unspecified atom stereocenters. The number of nitrogens with zero attached hydrogens (tertiary/aromatic N) is 2. The van der Waals surface area contributed by atoms with E-state index in [1.807, 2.05) is 0 Å². The van der Waals surface area contributed by atoms with Crippen LogP contribution in [-0.4, -0.2) is 10.7 Å². The number of allylic oxidation sites excluding steroid dienone is 2. The average molecular weight is 625 g/mol. The van der Waals surface area contributed by atoms with Crippen molar-refractivity contribution in [2.45, 2.75) is 183 Å². The molecule has 0 aliphatic rings. The second-order valence-electron chi connectivity index (χ2n) is 13.7. The first-order valence-electron chi connectivity index (χ1n) is 19.5. The highest BCUT2D eigenvalue weighted by atomic mass is 14.8. The van der Waals surface area contributed by atoms with Crippen LogP contribution >= 0.6 is 0 Å². The van der Waals surface area contributed by atoms with E-state index in [1.54, 1.807) is 0 Å². The summed E-state index contributed by atoms with van der Waals surface area (Å²) in [5.74, 6) is 3.14. The lowest BCUT2D eigenvalue weighted by Crippen LogP contribution is -2.04. The fourth-order valence-electron chi connectivity index (χ4n) is 6.69. The number of benzene rings is 2. The van der Waals surface area contributed by atoms with Crippen molar-refractivity contribution in [1.82, 2.24) is 0 Å². The van der Waals surface area contributed by atoms with Crippen LogP contribution in [0.5, 0.6) is 0 Å². The third-order valence-electron chi connectivity index (χ3n) is 9.37. The standard InChI is InChI=1S/C44H68N2/c1-7-13-19-25-38-30-39(26-20-14-8-2)34-42(33-38)44(41-31-36(23-17-11-5)29-37(32-41)24-18-12-6)43(28-22-16-10-4)40(35-46-45)27-21-15-9-3/h29-34H,7-28H2,1-6H3. The molecular formula is C44H68N2. The molecule has 0 saturated carbocycles. The van der Waals surface area contributed by atoms with Gasteiger partial charge in [-0.15, -0.1) is 4.79 Å². The minimum absolute atomic E-state index is 0.903. The van der Waals surface area contributed by atoms with Crippen LogP contribution in [0, 0.1) is 0 Å². The Morgan fingerprint density at radius 1 is 0.478 bits per heavy atom. The molecule has 2 aromatic carbocycles. The number of hydrogen-bond acceptors (Lipinski definition) is 0. The van der Waals surface area contributed by atoms with Gasteiger partial charge in [0.1, 0.15) is 0 Å². The summed E-state index contributed by atoms with van der Waals surface area (Å²) in [5, 5.41) is 0. The molecule has 0 spiro atoms. The minimum atomic E-state index is 0.903. The third-order valence-corrected chi connectivity index (χ3v) is 9.37. The molecule has 0 aliphatic heterocycles. The zero-order valence-corrected chi connectivity index (χ0v) is 30.9. The molecule has 0 radical (unpaired) electrons. The van der Waals surface area contributed by atoms with Crippen LogP contribution in [0.4, 0.5) is 0 Å². The van der Waals surface area contributed by atoms with Crippen molar-refractivity contribution in [1.29, 1.82) is 0 Å². The van der Waals surface area contributed by atoms with E-state index < -0.39 is 0 Å². The molecule has 0 amide bonds.